The predicted molar refractivity (Wildman–Crippen MR) is 59.7 cm³/mol. The Balaban J connectivity index is 0.000000791. The molecule has 0 saturated carbocycles. The summed E-state index contributed by atoms with van der Waals surface area (Å²) >= 11 is 0. The molecule has 0 radical (unpaired) electrons. The molecule has 1 aliphatic rings. The zero-order chi connectivity index (χ0) is 11.0. The molecule has 0 aromatic carbocycles. The van der Waals surface area contributed by atoms with E-state index in [-0.39, 0.29) is 6.10 Å². The van der Waals surface area contributed by atoms with E-state index in [4.69, 9.17) is 9.47 Å². The van der Waals surface area contributed by atoms with Crippen LogP contribution in [0.1, 0.15) is 27.7 Å². The van der Waals surface area contributed by atoms with Crippen molar-refractivity contribution in [2.24, 2.45) is 0 Å². The van der Waals surface area contributed by atoms with E-state index in [1.165, 1.54) is 0 Å². The fourth-order valence-corrected chi connectivity index (χ4v) is 1.50. The Labute approximate surface area is 88.4 Å². The predicted octanol–water partition coefficient (Wildman–Crippen LogP) is 1.77. The van der Waals surface area contributed by atoms with Gasteiger partial charge in [-0.3, -0.25) is 4.90 Å². The lowest BCUT2D eigenvalue weighted by Crippen LogP contribution is -2.47. The van der Waals surface area contributed by atoms with Crippen LogP contribution >= 0.6 is 0 Å². The van der Waals surface area contributed by atoms with Crippen LogP contribution < -0.4 is 0 Å². The molecule has 0 aromatic heterocycles. The van der Waals surface area contributed by atoms with Gasteiger partial charge in [0.05, 0.1) is 19.3 Å². The first-order chi connectivity index (χ1) is 6.74. The second kappa shape index (κ2) is 8.21. The van der Waals surface area contributed by atoms with Gasteiger partial charge in [0.2, 0.25) is 0 Å². The van der Waals surface area contributed by atoms with Crippen molar-refractivity contribution in [3.63, 3.8) is 0 Å². The minimum Gasteiger partial charge on any atom is -0.382 e. The van der Waals surface area contributed by atoms with Crippen molar-refractivity contribution in [3.8, 4) is 0 Å². The summed E-state index contributed by atoms with van der Waals surface area (Å²) < 4.78 is 10.6. The molecule has 14 heavy (non-hydrogen) atoms. The van der Waals surface area contributed by atoms with Crippen molar-refractivity contribution in [3.05, 3.63) is 0 Å². The topological polar surface area (TPSA) is 21.7 Å². The highest BCUT2D eigenvalue weighted by Gasteiger charge is 2.21. The molecule has 3 heteroatoms. The van der Waals surface area contributed by atoms with Gasteiger partial charge in [-0.1, -0.05) is 13.8 Å². The zero-order valence-electron chi connectivity index (χ0n) is 10.2. The molecule has 1 heterocycles. The van der Waals surface area contributed by atoms with Gasteiger partial charge in [-0.05, 0) is 13.8 Å². The van der Waals surface area contributed by atoms with Crippen molar-refractivity contribution < 1.29 is 9.47 Å². The molecule has 1 atom stereocenters. The van der Waals surface area contributed by atoms with Crippen LogP contribution in [0.4, 0.5) is 0 Å². The molecular weight excluding hydrogens is 178 g/mol. The molecule has 0 amide bonds. The summed E-state index contributed by atoms with van der Waals surface area (Å²) in [6, 6.07) is 0.619. The number of hydrogen-bond donors (Lipinski definition) is 0. The Bertz CT molecular complexity index is 126. The van der Waals surface area contributed by atoms with Crippen molar-refractivity contribution >= 4 is 0 Å². The summed E-state index contributed by atoms with van der Waals surface area (Å²) in [5.41, 5.74) is 0. The van der Waals surface area contributed by atoms with Gasteiger partial charge in [-0.15, -0.1) is 0 Å². The average molecular weight is 203 g/mol. The molecule has 1 rings (SSSR count). The maximum Gasteiger partial charge on any atom is 0.0935 e. The quantitative estimate of drug-likeness (QED) is 0.698. The lowest BCUT2D eigenvalue weighted by molar-refractivity contribution is -0.0684. The molecule has 0 bridgehead atoms. The number of hydrogen-bond acceptors (Lipinski definition) is 3. The van der Waals surface area contributed by atoms with Crippen molar-refractivity contribution in [2.45, 2.75) is 39.8 Å². The van der Waals surface area contributed by atoms with Crippen LogP contribution in [-0.2, 0) is 9.47 Å². The van der Waals surface area contributed by atoms with Gasteiger partial charge in [-0.2, -0.15) is 0 Å². The van der Waals surface area contributed by atoms with Crippen LogP contribution in [-0.4, -0.2) is 50.5 Å². The third-order valence-corrected chi connectivity index (χ3v) is 2.25. The van der Waals surface area contributed by atoms with Gasteiger partial charge in [-0.25, -0.2) is 0 Å². The summed E-state index contributed by atoms with van der Waals surface area (Å²) in [4.78, 5) is 2.42. The first-order valence-electron chi connectivity index (χ1n) is 5.58. The smallest absolute Gasteiger partial charge is 0.0935 e. The van der Waals surface area contributed by atoms with Gasteiger partial charge >= 0.3 is 0 Å². The second-order valence-corrected chi connectivity index (χ2v) is 3.54. The van der Waals surface area contributed by atoms with E-state index in [0.29, 0.717) is 12.6 Å². The van der Waals surface area contributed by atoms with E-state index in [9.17, 15) is 0 Å². The Kier molecular flexibility index (Phi) is 8.14. The van der Waals surface area contributed by atoms with Gasteiger partial charge in [0.1, 0.15) is 0 Å². The minimum absolute atomic E-state index is 0.270. The average Bonchev–Trinajstić information content (AvgIpc) is 2.22. The van der Waals surface area contributed by atoms with E-state index in [1.807, 2.05) is 13.8 Å². The van der Waals surface area contributed by atoms with Gasteiger partial charge in [0, 0.05) is 26.2 Å². The third-order valence-electron chi connectivity index (χ3n) is 2.25. The van der Waals surface area contributed by atoms with E-state index in [2.05, 4.69) is 18.7 Å². The molecule has 1 fully saturated rings. The Morgan fingerprint density at radius 3 is 2.57 bits per heavy atom. The Morgan fingerprint density at radius 2 is 2.07 bits per heavy atom. The monoisotopic (exact) mass is 203 g/mol. The number of ether oxygens (including phenoxy) is 2. The van der Waals surface area contributed by atoms with Crippen LogP contribution in [0.5, 0.6) is 0 Å². The first-order valence-corrected chi connectivity index (χ1v) is 5.58. The normalized spacial score (nSPS) is 23.1. The summed E-state index contributed by atoms with van der Waals surface area (Å²) in [5.74, 6) is 0. The fraction of sp³-hybridized carbons (Fsp3) is 1.00. The fourth-order valence-electron chi connectivity index (χ4n) is 1.50. The standard InChI is InChI=1S/C9H19NO2.C2H6/c1-8(2)10-4-5-12-9(6-10)7-11-3;1-2/h8-9H,4-7H2,1-3H3;1-2H3. The maximum atomic E-state index is 5.53. The highest BCUT2D eigenvalue weighted by atomic mass is 16.5. The van der Waals surface area contributed by atoms with Crippen LogP contribution in [0.25, 0.3) is 0 Å². The molecule has 3 nitrogen and oxygen atoms in total. The zero-order valence-corrected chi connectivity index (χ0v) is 10.2. The number of rotatable bonds is 3. The summed E-state index contributed by atoms with van der Waals surface area (Å²) in [7, 11) is 1.72. The minimum atomic E-state index is 0.270. The lowest BCUT2D eigenvalue weighted by atomic mass is 10.2. The van der Waals surface area contributed by atoms with Gasteiger partial charge < -0.3 is 9.47 Å². The lowest BCUT2D eigenvalue weighted by Gasteiger charge is -2.35. The maximum absolute atomic E-state index is 5.53. The molecule has 86 valence electrons. The number of morpholine rings is 1. The number of nitrogens with zero attached hydrogens (tertiary/aromatic N) is 1. The largest absolute Gasteiger partial charge is 0.382 e. The van der Waals surface area contributed by atoms with Crippen LogP contribution in [0.2, 0.25) is 0 Å². The molecule has 0 aliphatic carbocycles. The summed E-state index contributed by atoms with van der Waals surface area (Å²) in [5, 5.41) is 0. The van der Waals surface area contributed by atoms with Crippen LogP contribution in [0, 0.1) is 0 Å². The van der Waals surface area contributed by atoms with Crippen LogP contribution in [0.15, 0.2) is 0 Å². The van der Waals surface area contributed by atoms with E-state index >= 15 is 0 Å². The molecule has 1 unspecified atom stereocenters. The van der Waals surface area contributed by atoms with Crippen molar-refractivity contribution in [2.75, 3.05) is 33.4 Å². The number of methoxy groups -OCH3 is 1. The van der Waals surface area contributed by atoms with Crippen molar-refractivity contribution in [1.82, 2.24) is 4.90 Å². The molecule has 0 spiro atoms. The molecular formula is C11H25NO2. The molecule has 0 N–H and O–H groups in total. The highest BCUT2D eigenvalue weighted by Crippen LogP contribution is 2.08. The Morgan fingerprint density at radius 1 is 1.43 bits per heavy atom. The molecule has 1 aliphatic heterocycles. The highest BCUT2D eigenvalue weighted by molar-refractivity contribution is 4.73. The third kappa shape index (κ3) is 4.94. The van der Waals surface area contributed by atoms with Gasteiger partial charge in [0.25, 0.3) is 0 Å². The van der Waals surface area contributed by atoms with E-state index in [0.717, 1.165) is 19.7 Å². The summed E-state index contributed by atoms with van der Waals surface area (Å²) in [6.07, 6.45) is 0.270. The molecule has 0 aromatic rings. The molecule has 1 saturated heterocycles. The second-order valence-electron chi connectivity index (χ2n) is 3.54. The first kappa shape index (κ1) is 13.9. The van der Waals surface area contributed by atoms with E-state index in [1.54, 1.807) is 7.11 Å². The van der Waals surface area contributed by atoms with Crippen LogP contribution in [0.3, 0.4) is 0 Å². The van der Waals surface area contributed by atoms with Crippen molar-refractivity contribution in [1.29, 1.82) is 0 Å². The summed E-state index contributed by atoms with van der Waals surface area (Å²) in [6.45, 7) is 12.0. The van der Waals surface area contributed by atoms with Gasteiger partial charge in [0.15, 0.2) is 0 Å². The Hall–Kier alpha value is -0.120. The SMILES string of the molecule is CC.COCC1CN(C(C)C)CCO1. The van der Waals surface area contributed by atoms with E-state index < -0.39 is 0 Å².